The number of fused-ring (bicyclic) bond motifs is 1. The normalized spacial score (nSPS) is 11.4. The Hall–Kier alpha value is -4.85. The minimum atomic E-state index is -4.61. The van der Waals surface area contributed by atoms with Crippen molar-refractivity contribution in [3.8, 4) is 11.1 Å². The highest BCUT2D eigenvalue weighted by Gasteiger charge is 2.32. The second-order valence-electron chi connectivity index (χ2n) is 8.76. The Morgan fingerprint density at radius 2 is 1.53 bits per heavy atom. The van der Waals surface area contributed by atoms with Gasteiger partial charge in [-0.1, -0.05) is 84.9 Å². The van der Waals surface area contributed by atoms with Crippen LogP contribution in [0.5, 0.6) is 0 Å². The van der Waals surface area contributed by atoms with Crippen LogP contribution >= 0.6 is 0 Å². The third kappa shape index (κ3) is 4.76. The third-order valence-electron chi connectivity index (χ3n) is 6.32. The van der Waals surface area contributed by atoms with E-state index < -0.39 is 23.4 Å². The molecule has 0 saturated carbocycles. The lowest BCUT2D eigenvalue weighted by Crippen LogP contribution is -2.24. The lowest BCUT2D eigenvalue weighted by molar-refractivity contribution is -0.137. The molecule has 5 aromatic rings. The minimum absolute atomic E-state index is 0.0119. The van der Waals surface area contributed by atoms with Gasteiger partial charge in [-0.05, 0) is 34.0 Å². The van der Waals surface area contributed by atoms with Crippen molar-refractivity contribution in [3.05, 3.63) is 125 Å². The van der Waals surface area contributed by atoms with Gasteiger partial charge in [0.15, 0.2) is 0 Å². The number of hydrogen-bond donors (Lipinski definition) is 3. The average molecular weight is 514 g/mol. The molecule has 1 amide bonds. The molecule has 0 aliphatic heterocycles. The Balaban J connectivity index is 1.59. The van der Waals surface area contributed by atoms with Crippen LogP contribution in [0.2, 0.25) is 0 Å². The molecule has 38 heavy (non-hydrogen) atoms. The molecule has 0 fully saturated rings. The molecular formula is C30H22F3N3O2. The largest absolute Gasteiger partial charge is 0.416 e. The quantitative estimate of drug-likeness (QED) is 0.224. The number of carbonyl (C=O) groups excluding carboxylic acids is 2. The maximum absolute atomic E-state index is 13.5. The van der Waals surface area contributed by atoms with E-state index in [0.717, 1.165) is 28.5 Å². The number of halogens is 3. The van der Waals surface area contributed by atoms with Crippen LogP contribution in [0, 0.1) is 0 Å². The third-order valence-corrected chi connectivity index (χ3v) is 6.32. The molecule has 0 radical (unpaired) electrons. The van der Waals surface area contributed by atoms with Crippen molar-refractivity contribution < 1.29 is 22.8 Å². The van der Waals surface area contributed by atoms with Crippen LogP contribution in [-0.2, 0) is 12.7 Å². The van der Waals surface area contributed by atoms with Crippen LogP contribution in [0.15, 0.2) is 97.1 Å². The monoisotopic (exact) mass is 513 g/mol. The number of benzene rings is 4. The fourth-order valence-corrected chi connectivity index (χ4v) is 4.51. The van der Waals surface area contributed by atoms with Gasteiger partial charge in [-0.2, -0.15) is 13.2 Å². The summed E-state index contributed by atoms with van der Waals surface area (Å²) in [4.78, 5) is 29.6. The Morgan fingerprint density at radius 1 is 0.842 bits per heavy atom. The second-order valence-corrected chi connectivity index (χ2v) is 8.76. The van der Waals surface area contributed by atoms with E-state index in [2.05, 4.69) is 10.3 Å². The van der Waals surface area contributed by atoms with E-state index in [1.165, 1.54) is 12.1 Å². The Morgan fingerprint density at radius 3 is 2.29 bits per heavy atom. The summed E-state index contributed by atoms with van der Waals surface area (Å²) in [6.07, 6.45) is -4.61. The maximum Gasteiger partial charge on any atom is 0.416 e. The van der Waals surface area contributed by atoms with Crippen LogP contribution in [0.4, 0.5) is 19.0 Å². The number of nitrogen functional groups attached to an aromatic ring is 1. The summed E-state index contributed by atoms with van der Waals surface area (Å²) in [5, 5.41) is 4.78. The fraction of sp³-hybridized carbons (Fsp3) is 0.0667. The van der Waals surface area contributed by atoms with Crippen molar-refractivity contribution in [1.29, 1.82) is 0 Å². The molecule has 8 heteroatoms. The summed E-state index contributed by atoms with van der Waals surface area (Å²) < 4.78 is 40.6. The van der Waals surface area contributed by atoms with Gasteiger partial charge in [0.2, 0.25) is 5.78 Å². The number of aromatic amines is 1. The van der Waals surface area contributed by atoms with E-state index in [-0.39, 0.29) is 34.7 Å². The summed E-state index contributed by atoms with van der Waals surface area (Å²) in [5.74, 6) is -1.24. The molecule has 0 aliphatic carbocycles. The molecule has 5 rings (SSSR count). The van der Waals surface area contributed by atoms with Gasteiger partial charge in [0.25, 0.3) is 5.91 Å². The molecule has 0 bridgehead atoms. The molecule has 0 spiro atoms. The molecule has 190 valence electrons. The molecule has 0 aliphatic rings. The van der Waals surface area contributed by atoms with E-state index in [9.17, 15) is 22.8 Å². The number of nitrogens with two attached hydrogens (primary N) is 1. The predicted molar refractivity (Wildman–Crippen MR) is 141 cm³/mol. The van der Waals surface area contributed by atoms with Crippen LogP contribution < -0.4 is 11.1 Å². The van der Waals surface area contributed by atoms with Crippen LogP contribution in [0.25, 0.3) is 21.9 Å². The standard InChI is InChI=1S/C30H22F3N3O2/c31-30(32,33)22-14-7-12-20(16-22)24-25(28(34)36-26(24)27(37)19-9-2-1-3-10-19)29(38)35-17-21-13-6-11-18-8-4-5-15-23(18)21/h1-16,36H,17,34H2,(H,35,38). The van der Waals surface area contributed by atoms with E-state index >= 15 is 0 Å². The first kappa shape index (κ1) is 24.8. The van der Waals surface area contributed by atoms with Crippen LogP contribution in [0.1, 0.15) is 37.5 Å². The zero-order valence-corrected chi connectivity index (χ0v) is 20.0. The number of rotatable bonds is 6. The van der Waals surface area contributed by atoms with E-state index in [0.29, 0.717) is 5.56 Å². The highest BCUT2D eigenvalue weighted by molar-refractivity contribution is 6.17. The fourth-order valence-electron chi connectivity index (χ4n) is 4.51. The molecule has 5 nitrogen and oxygen atoms in total. The number of anilines is 1. The summed E-state index contributed by atoms with van der Waals surface area (Å²) in [6, 6.07) is 26.1. The summed E-state index contributed by atoms with van der Waals surface area (Å²) >= 11 is 0. The van der Waals surface area contributed by atoms with Gasteiger partial charge < -0.3 is 16.0 Å². The number of nitrogens with one attached hydrogen (secondary N) is 2. The summed E-state index contributed by atoms with van der Waals surface area (Å²) in [7, 11) is 0. The van der Waals surface area contributed by atoms with E-state index in [1.54, 1.807) is 30.3 Å². The zero-order valence-electron chi connectivity index (χ0n) is 20.0. The highest BCUT2D eigenvalue weighted by Crippen LogP contribution is 2.37. The van der Waals surface area contributed by atoms with Gasteiger partial charge in [-0.25, -0.2) is 0 Å². The van der Waals surface area contributed by atoms with Crippen LogP contribution in [-0.4, -0.2) is 16.7 Å². The first-order valence-corrected chi connectivity index (χ1v) is 11.8. The number of carbonyl (C=O) groups is 2. The van der Waals surface area contributed by atoms with E-state index in [1.807, 2.05) is 42.5 Å². The molecule has 4 N–H and O–H groups in total. The zero-order chi connectivity index (χ0) is 26.9. The Labute approximate surface area is 216 Å². The molecule has 0 saturated heterocycles. The first-order chi connectivity index (χ1) is 18.2. The number of ketones is 1. The number of alkyl halides is 3. The van der Waals surface area contributed by atoms with E-state index in [4.69, 9.17) is 5.73 Å². The van der Waals surface area contributed by atoms with Gasteiger partial charge >= 0.3 is 6.18 Å². The van der Waals surface area contributed by atoms with Crippen molar-refractivity contribution >= 4 is 28.3 Å². The SMILES string of the molecule is Nc1[nH]c(C(=O)c2ccccc2)c(-c2cccc(C(F)(F)F)c2)c1C(=O)NCc1cccc2ccccc12. The number of H-pyrrole nitrogens is 1. The minimum Gasteiger partial charge on any atom is -0.385 e. The highest BCUT2D eigenvalue weighted by atomic mass is 19.4. The average Bonchev–Trinajstić information content (AvgIpc) is 3.28. The van der Waals surface area contributed by atoms with Gasteiger partial charge in [0.1, 0.15) is 5.82 Å². The van der Waals surface area contributed by atoms with Gasteiger partial charge in [-0.3, -0.25) is 9.59 Å². The van der Waals surface area contributed by atoms with Crippen molar-refractivity contribution in [1.82, 2.24) is 10.3 Å². The lowest BCUT2D eigenvalue weighted by atomic mass is 9.95. The molecule has 1 aromatic heterocycles. The van der Waals surface area contributed by atoms with Crippen LogP contribution in [0.3, 0.4) is 0 Å². The number of hydrogen-bond acceptors (Lipinski definition) is 3. The molecule has 0 unspecified atom stereocenters. The van der Waals surface area contributed by atoms with Crippen molar-refractivity contribution in [2.24, 2.45) is 0 Å². The number of amides is 1. The Bertz CT molecular complexity index is 1650. The Kier molecular flexibility index (Phi) is 6.46. The van der Waals surface area contributed by atoms with Crippen molar-refractivity contribution in [2.45, 2.75) is 12.7 Å². The lowest BCUT2D eigenvalue weighted by Gasteiger charge is -2.12. The van der Waals surface area contributed by atoms with Crippen molar-refractivity contribution in [3.63, 3.8) is 0 Å². The van der Waals surface area contributed by atoms with Gasteiger partial charge in [0.05, 0.1) is 16.8 Å². The van der Waals surface area contributed by atoms with Crippen molar-refractivity contribution in [2.75, 3.05) is 5.73 Å². The van der Waals surface area contributed by atoms with Gasteiger partial charge in [-0.15, -0.1) is 0 Å². The van der Waals surface area contributed by atoms with Gasteiger partial charge in [0, 0.05) is 17.7 Å². The molecule has 4 aromatic carbocycles. The topological polar surface area (TPSA) is 88.0 Å². The molecule has 0 atom stereocenters. The molecule has 1 heterocycles. The smallest absolute Gasteiger partial charge is 0.385 e. The molecular weight excluding hydrogens is 491 g/mol. The second kappa shape index (κ2) is 9.89. The maximum atomic E-state index is 13.5. The summed E-state index contributed by atoms with van der Waals surface area (Å²) in [5.41, 5.74) is 6.33. The predicted octanol–water partition coefficient (Wildman–Crippen LogP) is 6.60. The first-order valence-electron chi connectivity index (χ1n) is 11.8. The number of aromatic nitrogens is 1. The summed E-state index contributed by atoms with van der Waals surface area (Å²) in [6.45, 7) is 0.148.